The van der Waals surface area contributed by atoms with E-state index in [0.29, 0.717) is 0 Å². The lowest BCUT2D eigenvalue weighted by Crippen LogP contribution is -1.91. The van der Waals surface area contributed by atoms with Crippen LogP contribution < -0.4 is 0 Å². The van der Waals surface area contributed by atoms with Crippen molar-refractivity contribution in [3.63, 3.8) is 0 Å². The maximum Gasteiger partial charge on any atom is -0.0154 e. The summed E-state index contributed by atoms with van der Waals surface area (Å²) in [5.41, 5.74) is 1.54. The lowest BCUT2D eigenvalue weighted by Gasteiger charge is -2.05. The molecule has 0 N–H and O–H groups in total. The molecular weight excluding hydrogens is 96.1 g/mol. The van der Waals surface area contributed by atoms with Crippen molar-refractivity contribution in [1.82, 2.24) is 0 Å². The van der Waals surface area contributed by atoms with Gasteiger partial charge < -0.3 is 0 Å². The Bertz CT molecular complexity index is 133. The lowest BCUT2D eigenvalue weighted by molar-refractivity contribution is 0.656. The molecule has 1 fully saturated rings. The van der Waals surface area contributed by atoms with Crippen molar-refractivity contribution in [2.75, 3.05) is 0 Å². The van der Waals surface area contributed by atoms with Crippen molar-refractivity contribution in [1.29, 1.82) is 0 Å². The zero-order valence-corrected chi connectivity index (χ0v) is 5.28. The Balaban J connectivity index is 2.29. The van der Waals surface area contributed by atoms with Gasteiger partial charge in [-0.25, -0.2) is 0 Å². The van der Waals surface area contributed by atoms with Gasteiger partial charge in [0, 0.05) is 0 Å². The van der Waals surface area contributed by atoms with E-state index in [1.165, 1.54) is 19.3 Å². The first-order chi connectivity index (χ1) is 3.86. The Morgan fingerprint density at radius 2 is 2.38 bits per heavy atom. The number of allylic oxidation sites excluding steroid dienone is 2. The average molecular weight is 107 g/mol. The van der Waals surface area contributed by atoms with Crippen LogP contribution >= 0.6 is 0 Å². The van der Waals surface area contributed by atoms with Gasteiger partial charge in [0.2, 0.25) is 0 Å². The normalized spacial score (nSPS) is 42.9. The van der Waals surface area contributed by atoms with Crippen LogP contribution in [-0.4, -0.2) is 0 Å². The van der Waals surface area contributed by atoms with Gasteiger partial charge in [-0.3, -0.25) is 0 Å². The van der Waals surface area contributed by atoms with E-state index in [2.05, 4.69) is 13.0 Å². The molecule has 2 aliphatic rings. The third kappa shape index (κ3) is 0.460. The van der Waals surface area contributed by atoms with Crippen LogP contribution in [0.3, 0.4) is 0 Å². The van der Waals surface area contributed by atoms with Gasteiger partial charge >= 0.3 is 0 Å². The molecule has 1 radical (unpaired) electrons. The molecule has 0 heterocycles. The molecule has 0 spiro atoms. The second-order valence-corrected chi connectivity index (χ2v) is 3.03. The number of hydrogen-bond acceptors (Lipinski definition) is 0. The first-order valence-corrected chi connectivity index (χ1v) is 3.46. The fraction of sp³-hybridized carbons (Fsp3) is 0.750. The fourth-order valence-corrected chi connectivity index (χ4v) is 1.95. The number of rotatable bonds is 0. The molecule has 2 aliphatic carbocycles. The van der Waals surface area contributed by atoms with Crippen molar-refractivity contribution >= 4 is 0 Å². The van der Waals surface area contributed by atoms with Crippen LogP contribution in [-0.2, 0) is 0 Å². The highest BCUT2D eigenvalue weighted by Gasteiger charge is 2.30. The van der Waals surface area contributed by atoms with Crippen LogP contribution in [0.25, 0.3) is 0 Å². The Labute approximate surface area is 50.6 Å². The van der Waals surface area contributed by atoms with Crippen molar-refractivity contribution in [2.24, 2.45) is 11.8 Å². The molecule has 0 amide bonds. The van der Waals surface area contributed by atoms with Crippen LogP contribution in [0.2, 0.25) is 0 Å². The molecule has 0 aromatic rings. The molecule has 0 aliphatic heterocycles. The van der Waals surface area contributed by atoms with E-state index >= 15 is 0 Å². The topological polar surface area (TPSA) is 0 Å². The molecule has 0 saturated heterocycles. The number of fused-ring (bicyclic) bond motifs is 2. The molecule has 2 unspecified atom stereocenters. The molecule has 43 valence electrons. The summed E-state index contributed by atoms with van der Waals surface area (Å²) in [6.07, 6.45) is 7.76. The molecule has 0 aromatic carbocycles. The monoisotopic (exact) mass is 107 g/mol. The Morgan fingerprint density at radius 1 is 1.50 bits per heavy atom. The minimum atomic E-state index is 0.861. The van der Waals surface area contributed by atoms with E-state index in [0.717, 1.165) is 11.8 Å². The third-order valence-electron chi connectivity index (χ3n) is 2.48. The van der Waals surface area contributed by atoms with Gasteiger partial charge in [0.1, 0.15) is 0 Å². The summed E-state index contributed by atoms with van der Waals surface area (Å²) >= 11 is 0. The highest BCUT2D eigenvalue weighted by Crippen LogP contribution is 2.42. The molecule has 0 nitrogen and oxygen atoms in total. The molecule has 2 atom stereocenters. The van der Waals surface area contributed by atoms with Crippen molar-refractivity contribution in [3.8, 4) is 0 Å². The standard InChI is InChI=1S/C8H11/c1-6-4-7-2-3-8(6)5-7/h7-8H,2-3,5H2,1H3. The highest BCUT2D eigenvalue weighted by atomic mass is 14.3. The molecule has 0 heteroatoms. The van der Waals surface area contributed by atoms with E-state index in [4.69, 9.17) is 0 Å². The molecular formula is C8H11. The third-order valence-corrected chi connectivity index (χ3v) is 2.48. The van der Waals surface area contributed by atoms with Crippen LogP contribution in [0.4, 0.5) is 0 Å². The smallest absolute Gasteiger partial charge is 0.0154 e. The van der Waals surface area contributed by atoms with Gasteiger partial charge in [0.05, 0.1) is 0 Å². The predicted molar refractivity (Wildman–Crippen MR) is 33.3 cm³/mol. The van der Waals surface area contributed by atoms with Crippen LogP contribution in [0.5, 0.6) is 0 Å². The maximum absolute atomic E-state index is 3.47. The summed E-state index contributed by atoms with van der Waals surface area (Å²) in [5.74, 6) is 1.81. The summed E-state index contributed by atoms with van der Waals surface area (Å²) in [6, 6.07) is 0. The van der Waals surface area contributed by atoms with E-state index in [1.807, 2.05) is 0 Å². The molecule has 2 bridgehead atoms. The summed E-state index contributed by atoms with van der Waals surface area (Å²) < 4.78 is 0. The average Bonchev–Trinajstić information content (AvgIpc) is 2.23. The summed E-state index contributed by atoms with van der Waals surface area (Å²) in [7, 11) is 0. The van der Waals surface area contributed by atoms with Gasteiger partial charge in [-0.05, 0) is 44.1 Å². The Kier molecular flexibility index (Phi) is 0.787. The summed E-state index contributed by atoms with van der Waals surface area (Å²) in [5, 5.41) is 0. The minimum absolute atomic E-state index is 0.861. The zero-order chi connectivity index (χ0) is 5.56. The Hall–Kier alpha value is -0.260. The van der Waals surface area contributed by atoms with E-state index in [1.54, 1.807) is 5.57 Å². The highest BCUT2D eigenvalue weighted by molar-refractivity contribution is 5.11. The van der Waals surface area contributed by atoms with Gasteiger partial charge in [-0.2, -0.15) is 0 Å². The van der Waals surface area contributed by atoms with E-state index < -0.39 is 0 Å². The molecule has 0 aromatic heterocycles. The summed E-state index contributed by atoms with van der Waals surface area (Å²) in [4.78, 5) is 0. The van der Waals surface area contributed by atoms with Crippen molar-refractivity contribution in [2.45, 2.75) is 26.2 Å². The van der Waals surface area contributed by atoms with E-state index in [-0.39, 0.29) is 0 Å². The quantitative estimate of drug-likeness (QED) is 0.445. The first-order valence-electron chi connectivity index (χ1n) is 3.46. The van der Waals surface area contributed by atoms with Crippen LogP contribution in [0, 0.1) is 17.9 Å². The van der Waals surface area contributed by atoms with Gasteiger partial charge in [0.25, 0.3) is 0 Å². The summed E-state index contributed by atoms with van der Waals surface area (Å²) in [6.45, 7) is 2.23. The maximum atomic E-state index is 3.47. The SMILES string of the molecule is CC1=[C]C2CCC1C2. The van der Waals surface area contributed by atoms with Gasteiger partial charge in [0.15, 0.2) is 0 Å². The molecule has 2 rings (SSSR count). The minimum Gasteiger partial charge on any atom is -0.0664 e. The Morgan fingerprint density at radius 3 is 2.62 bits per heavy atom. The van der Waals surface area contributed by atoms with Crippen LogP contribution in [0.1, 0.15) is 26.2 Å². The van der Waals surface area contributed by atoms with E-state index in [9.17, 15) is 0 Å². The van der Waals surface area contributed by atoms with Gasteiger partial charge in [-0.1, -0.05) is 5.57 Å². The van der Waals surface area contributed by atoms with Gasteiger partial charge in [-0.15, -0.1) is 0 Å². The molecule has 8 heavy (non-hydrogen) atoms. The lowest BCUT2D eigenvalue weighted by atomic mass is 10.0. The first kappa shape index (κ1) is 4.60. The van der Waals surface area contributed by atoms with Crippen LogP contribution in [0.15, 0.2) is 5.57 Å². The molecule has 1 saturated carbocycles. The number of hydrogen-bond donors (Lipinski definition) is 0. The predicted octanol–water partition coefficient (Wildman–Crippen LogP) is 2.17. The van der Waals surface area contributed by atoms with Crippen molar-refractivity contribution in [3.05, 3.63) is 11.6 Å². The zero-order valence-electron chi connectivity index (χ0n) is 5.28. The second kappa shape index (κ2) is 1.37. The second-order valence-electron chi connectivity index (χ2n) is 3.03. The largest absolute Gasteiger partial charge is 0.0664 e. The van der Waals surface area contributed by atoms with Crippen molar-refractivity contribution < 1.29 is 0 Å². The fourth-order valence-electron chi connectivity index (χ4n) is 1.95.